The third-order valence-electron chi connectivity index (χ3n) is 3.57. The van der Waals surface area contributed by atoms with Gasteiger partial charge in [-0.05, 0) is 30.4 Å². The fraction of sp³-hybridized carbons (Fsp3) is 0.647. The van der Waals surface area contributed by atoms with Crippen LogP contribution < -0.4 is 0 Å². The van der Waals surface area contributed by atoms with Crippen LogP contribution in [0.3, 0.4) is 0 Å². The quantitative estimate of drug-likeness (QED) is 0.316. The molecule has 0 unspecified atom stereocenters. The summed E-state index contributed by atoms with van der Waals surface area (Å²) in [5.74, 6) is 0. The summed E-state index contributed by atoms with van der Waals surface area (Å²) in [7, 11) is 0. The van der Waals surface area contributed by atoms with Crippen molar-refractivity contribution in [3.63, 3.8) is 0 Å². The Kier molecular flexibility index (Phi) is 9.05. The maximum absolute atomic E-state index is 11.9. The number of hydrogen-bond donors (Lipinski definition) is 0. The van der Waals surface area contributed by atoms with E-state index >= 15 is 0 Å². The topological polar surface area (TPSA) is 0 Å². The number of alkyl halides is 4. The van der Waals surface area contributed by atoms with Gasteiger partial charge in [0, 0.05) is 11.8 Å². The molecule has 21 heavy (non-hydrogen) atoms. The normalized spacial score (nSPS) is 11.8. The van der Waals surface area contributed by atoms with E-state index in [1.165, 1.54) is 11.1 Å². The van der Waals surface area contributed by atoms with Gasteiger partial charge in [0.2, 0.25) is 0 Å². The molecule has 1 aromatic carbocycles. The number of benzene rings is 1. The molecule has 0 amide bonds. The summed E-state index contributed by atoms with van der Waals surface area (Å²) in [5.41, 5.74) is 2.68. The monoisotopic (exact) mass is 364 g/mol. The van der Waals surface area contributed by atoms with E-state index in [4.69, 9.17) is 0 Å². The van der Waals surface area contributed by atoms with Crippen molar-refractivity contribution >= 4 is 15.9 Å². The average molecular weight is 365 g/mol. The second kappa shape index (κ2) is 10.3. The standard InChI is InChI=1S/C17H24BrF3/c18-14-16-11-8-10-15(13-16)9-6-4-2-1-3-5-7-12-17(19,20)21/h8,10-11,13H,1-7,9,12,14H2. The molecule has 1 rings (SSSR count). The zero-order chi connectivity index (χ0) is 15.6. The van der Waals surface area contributed by atoms with Crippen LogP contribution >= 0.6 is 15.9 Å². The number of aryl methyl sites for hydroxylation is 1. The van der Waals surface area contributed by atoms with Crippen LogP contribution in [0.15, 0.2) is 24.3 Å². The van der Waals surface area contributed by atoms with Crippen molar-refractivity contribution in [2.24, 2.45) is 0 Å². The van der Waals surface area contributed by atoms with Crippen LogP contribution in [-0.2, 0) is 11.8 Å². The summed E-state index contributed by atoms with van der Waals surface area (Å²) in [6.45, 7) is 0. The highest BCUT2D eigenvalue weighted by Crippen LogP contribution is 2.23. The van der Waals surface area contributed by atoms with Crippen molar-refractivity contribution in [2.45, 2.75) is 69.3 Å². The largest absolute Gasteiger partial charge is 0.389 e. The molecule has 120 valence electrons. The van der Waals surface area contributed by atoms with E-state index < -0.39 is 12.6 Å². The van der Waals surface area contributed by atoms with Crippen molar-refractivity contribution in [2.75, 3.05) is 0 Å². The van der Waals surface area contributed by atoms with Crippen LogP contribution in [0.2, 0.25) is 0 Å². The molecular weight excluding hydrogens is 341 g/mol. The van der Waals surface area contributed by atoms with Crippen molar-refractivity contribution < 1.29 is 13.2 Å². The van der Waals surface area contributed by atoms with Gasteiger partial charge in [-0.1, -0.05) is 72.3 Å². The lowest BCUT2D eigenvalue weighted by atomic mass is 10.0. The lowest BCUT2D eigenvalue weighted by Crippen LogP contribution is -2.06. The zero-order valence-electron chi connectivity index (χ0n) is 12.4. The minimum absolute atomic E-state index is 0.281. The van der Waals surface area contributed by atoms with Gasteiger partial charge in [-0.3, -0.25) is 0 Å². The summed E-state index contributed by atoms with van der Waals surface area (Å²) >= 11 is 3.46. The molecule has 0 aliphatic heterocycles. The van der Waals surface area contributed by atoms with E-state index in [1.807, 2.05) is 0 Å². The first-order valence-electron chi connectivity index (χ1n) is 7.72. The molecule has 0 radical (unpaired) electrons. The molecule has 0 spiro atoms. The third kappa shape index (κ3) is 9.94. The Morgan fingerprint density at radius 2 is 1.38 bits per heavy atom. The maximum Gasteiger partial charge on any atom is 0.389 e. The summed E-state index contributed by atoms with van der Waals surface area (Å²) in [6, 6.07) is 8.58. The summed E-state index contributed by atoms with van der Waals surface area (Å²) in [4.78, 5) is 0. The lowest BCUT2D eigenvalue weighted by molar-refractivity contribution is -0.135. The van der Waals surface area contributed by atoms with Gasteiger partial charge in [-0.15, -0.1) is 0 Å². The predicted octanol–water partition coefficient (Wildman–Crippen LogP) is 6.81. The smallest absolute Gasteiger partial charge is 0.171 e. The van der Waals surface area contributed by atoms with Crippen LogP contribution in [0.5, 0.6) is 0 Å². The molecule has 0 saturated carbocycles. The van der Waals surface area contributed by atoms with Gasteiger partial charge in [-0.25, -0.2) is 0 Å². The first-order valence-corrected chi connectivity index (χ1v) is 8.84. The van der Waals surface area contributed by atoms with Gasteiger partial charge in [0.1, 0.15) is 0 Å². The van der Waals surface area contributed by atoms with Crippen molar-refractivity contribution in [3.8, 4) is 0 Å². The van der Waals surface area contributed by atoms with Crippen LogP contribution in [-0.4, -0.2) is 6.18 Å². The van der Waals surface area contributed by atoms with E-state index in [2.05, 4.69) is 40.2 Å². The van der Waals surface area contributed by atoms with Crippen molar-refractivity contribution in [1.82, 2.24) is 0 Å². The highest BCUT2D eigenvalue weighted by Gasteiger charge is 2.25. The van der Waals surface area contributed by atoms with Gasteiger partial charge < -0.3 is 0 Å². The van der Waals surface area contributed by atoms with Crippen molar-refractivity contribution in [1.29, 1.82) is 0 Å². The minimum Gasteiger partial charge on any atom is -0.171 e. The molecule has 0 atom stereocenters. The number of halogens is 4. The Morgan fingerprint density at radius 3 is 2.00 bits per heavy atom. The SMILES string of the molecule is FC(F)(F)CCCCCCCCCc1cccc(CBr)c1. The Morgan fingerprint density at radius 1 is 0.810 bits per heavy atom. The van der Waals surface area contributed by atoms with Gasteiger partial charge in [0.25, 0.3) is 0 Å². The maximum atomic E-state index is 11.9. The molecule has 4 heteroatoms. The Balaban J connectivity index is 1.97. The third-order valence-corrected chi connectivity index (χ3v) is 4.22. The minimum atomic E-state index is -3.98. The molecule has 0 fully saturated rings. The van der Waals surface area contributed by atoms with Crippen LogP contribution in [0.1, 0.15) is 62.5 Å². The van der Waals surface area contributed by atoms with Crippen LogP contribution in [0, 0.1) is 0 Å². The van der Waals surface area contributed by atoms with E-state index in [9.17, 15) is 13.2 Å². The molecule has 0 saturated heterocycles. The highest BCUT2D eigenvalue weighted by atomic mass is 79.9. The van der Waals surface area contributed by atoms with E-state index in [-0.39, 0.29) is 6.42 Å². The zero-order valence-corrected chi connectivity index (χ0v) is 14.0. The average Bonchev–Trinajstić information content (AvgIpc) is 2.44. The predicted molar refractivity (Wildman–Crippen MR) is 85.8 cm³/mol. The lowest BCUT2D eigenvalue weighted by Gasteiger charge is -2.06. The molecular formula is C17H24BrF3. The molecule has 0 nitrogen and oxygen atoms in total. The Bertz CT molecular complexity index is 388. The van der Waals surface area contributed by atoms with Crippen molar-refractivity contribution in [3.05, 3.63) is 35.4 Å². The van der Waals surface area contributed by atoms with E-state index in [0.717, 1.165) is 43.9 Å². The second-order valence-electron chi connectivity index (χ2n) is 5.54. The second-order valence-corrected chi connectivity index (χ2v) is 6.10. The molecule has 0 heterocycles. The molecule has 0 N–H and O–H groups in total. The first-order chi connectivity index (χ1) is 10.0. The fourth-order valence-corrected chi connectivity index (χ4v) is 2.76. The molecule has 0 aliphatic carbocycles. The Hall–Kier alpha value is -0.510. The number of hydrogen-bond acceptors (Lipinski definition) is 0. The Labute approximate surface area is 134 Å². The van der Waals surface area contributed by atoms with Crippen LogP contribution in [0.4, 0.5) is 13.2 Å². The molecule has 0 bridgehead atoms. The van der Waals surface area contributed by atoms with Gasteiger partial charge in [0.15, 0.2) is 0 Å². The summed E-state index contributed by atoms with van der Waals surface area (Å²) in [6.07, 6.45) is 2.90. The number of unbranched alkanes of at least 4 members (excludes halogenated alkanes) is 6. The van der Waals surface area contributed by atoms with Gasteiger partial charge >= 0.3 is 6.18 Å². The molecule has 0 aliphatic rings. The first kappa shape index (κ1) is 18.5. The van der Waals surface area contributed by atoms with Gasteiger partial charge in [-0.2, -0.15) is 13.2 Å². The van der Waals surface area contributed by atoms with E-state index in [1.54, 1.807) is 0 Å². The molecule has 1 aromatic rings. The summed E-state index contributed by atoms with van der Waals surface area (Å²) in [5, 5.41) is 0.888. The van der Waals surface area contributed by atoms with E-state index in [0.29, 0.717) is 6.42 Å². The fourth-order valence-electron chi connectivity index (χ4n) is 2.41. The van der Waals surface area contributed by atoms with Gasteiger partial charge in [0.05, 0.1) is 0 Å². The highest BCUT2D eigenvalue weighted by molar-refractivity contribution is 9.08. The molecule has 0 aromatic heterocycles. The van der Waals surface area contributed by atoms with Crippen LogP contribution in [0.25, 0.3) is 0 Å². The summed E-state index contributed by atoms with van der Waals surface area (Å²) < 4.78 is 35.8. The number of rotatable bonds is 10.